The Morgan fingerprint density at radius 1 is 1.38 bits per heavy atom. The first-order valence-electron chi connectivity index (χ1n) is 7.28. The first-order chi connectivity index (χ1) is 12.3. The molecule has 0 aliphatic carbocycles. The number of carbonyl (C=O) groups is 1. The lowest BCUT2D eigenvalue weighted by atomic mass is 10.2. The van der Waals surface area contributed by atoms with Gasteiger partial charge in [0.15, 0.2) is 6.61 Å². The highest BCUT2D eigenvalue weighted by molar-refractivity contribution is 7.88. The summed E-state index contributed by atoms with van der Waals surface area (Å²) in [6.45, 7) is 1.08. The zero-order valence-electron chi connectivity index (χ0n) is 13.7. The van der Waals surface area contributed by atoms with Crippen LogP contribution in [-0.2, 0) is 26.3 Å². The summed E-state index contributed by atoms with van der Waals surface area (Å²) >= 11 is 0. The topological polar surface area (TPSA) is 115 Å². The molecule has 0 unspecified atom stereocenters. The summed E-state index contributed by atoms with van der Waals surface area (Å²) in [5.74, 6) is -1.09. The second-order valence-corrected chi connectivity index (χ2v) is 6.97. The van der Waals surface area contributed by atoms with Gasteiger partial charge in [0.25, 0.3) is 5.89 Å². The van der Waals surface area contributed by atoms with E-state index in [0.717, 1.165) is 10.5 Å². The number of nitrogens with zero attached hydrogens (tertiary/aromatic N) is 4. The Hall–Kier alpha value is -3.08. The Kier molecular flexibility index (Phi) is 4.55. The molecule has 0 saturated carbocycles. The van der Waals surface area contributed by atoms with E-state index in [1.165, 1.54) is 32.2 Å². The molecule has 1 aromatic heterocycles. The van der Waals surface area contributed by atoms with E-state index in [4.69, 9.17) is 9.26 Å². The largest absolute Gasteiger partial charge is 0.454 e. The van der Waals surface area contributed by atoms with Gasteiger partial charge in [-0.05, 0) is 25.1 Å². The normalized spacial score (nSPS) is 16.0. The molecule has 2 aromatic rings. The van der Waals surface area contributed by atoms with Gasteiger partial charge in [-0.2, -0.15) is 13.4 Å². The maximum absolute atomic E-state index is 13.2. The van der Waals surface area contributed by atoms with Gasteiger partial charge in [0, 0.05) is 18.8 Å². The highest BCUT2D eigenvalue weighted by Gasteiger charge is 2.26. The number of benzene rings is 1. The Labute approximate surface area is 148 Å². The van der Waals surface area contributed by atoms with Crippen LogP contribution in [0, 0.1) is 5.82 Å². The van der Waals surface area contributed by atoms with E-state index in [0.29, 0.717) is 5.56 Å². The summed E-state index contributed by atoms with van der Waals surface area (Å²) in [5.41, 5.74) is 0.401. The monoisotopic (exact) mass is 380 g/mol. The van der Waals surface area contributed by atoms with Crippen molar-refractivity contribution in [3.63, 3.8) is 0 Å². The highest BCUT2D eigenvalue weighted by Crippen LogP contribution is 2.19. The second kappa shape index (κ2) is 6.67. The van der Waals surface area contributed by atoms with Crippen LogP contribution in [0.25, 0.3) is 11.5 Å². The molecule has 3 rings (SSSR count). The summed E-state index contributed by atoms with van der Waals surface area (Å²) in [6, 6.07) is 5.60. The molecule has 0 atom stereocenters. The Balaban J connectivity index is 1.69. The van der Waals surface area contributed by atoms with Crippen molar-refractivity contribution in [1.82, 2.24) is 14.4 Å². The third-order valence-corrected chi connectivity index (χ3v) is 4.75. The van der Waals surface area contributed by atoms with Crippen LogP contribution < -0.4 is 0 Å². The molecule has 0 fully saturated rings. The number of carbonyl (C=O) groups excluding carboxylic acids is 1. The predicted molar refractivity (Wildman–Crippen MR) is 87.4 cm³/mol. The maximum Gasteiger partial charge on any atom is 0.344 e. The van der Waals surface area contributed by atoms with Crippen LogP contribution in [0.4, 0.5) is 4.39 Å². The molecule has 0 N–H and O–H groups in total. The molecule has 0 amide bonds. The van der Waals surface area contributed by atoms with Crippen molar-refractivity contribution in [3.05, 3.63) is 47.7 Å². The molecule has 1 aliphatic rings. The fraction of sp³-hybridized carbons (Fsp3) is 0.200. The number of hydrogen-bond acceptors (Lipinski definition) is 7. The fourth-order valence-corrected chi connectivity index (χ4v) is 2.90. The van der Waals surface area contributed by atoms with Crippen LogP contribution in [0.5, 0.6) is 0 Å². The first kappa shape index (κ1) is 17.7. The van der Waals surface area contributed by atoms with Gasteiger partial charge < -0.3 is 9.26 Å². The first-order valence-corrected chi connectivity index (χ1v) is 8.68. The summed E-state index contributed by atoms with van der Waals surface area (Å²) < 4.78 is 50.7. The average molecular weight is 380 g/mol. The van der Waals surface area contributed by atoms with E-state index in [-0.39, 0.29) is 29.6 Å². The molecule has 9 nitrogen and oxygen atoms in total. The molecule has 2 heterocycles. The molecule has 0 spiro atoms. The van der Waals surface area contributed by atoms with E-state index >= 15 is 0 Å². The third kappa shape index (κ3) is 3.61. The minimum absolute atomic E-state index is 0.00354. The van der Waals surface area contributed by atoms with Gasteiger partial charge in [-0.25, -0.2) is 9.18 Å². The number of ether oxygens (including phenoxy) is 1. The van der Waals surface area contributed by atoms with Gasteiger partial charge >= 0.3 is 16.2 Å². The van der Waals surface area contributed by atoms with Crippen molar-refractivity contribution in [2.24, 2.45) is 4.40 Å². The molecule has 1 aliphatic heterocycles. The molecule has 0 saturated heterocycles. The summed E-state index contributed by atoms with van der Waals surface area (Å²) in [4.78, 5) is 16.1. The quantitative estimate of drug-likeness (QED) is 0.737. The number of esters is 1. The molecule has 0 bridgehead atoms. The SMILES string of the molecule is CC1=NS(=O)(=O)N(C)C=C1C(=O)OCc1noc(-c2cccc(F)c2)n1. The van der Waals surface area contributed by atoms with Crippen molar-refractivity contribution in [2.75, 3.05) is 7.05 Å². The van der Waals surface area contributed by atoms with Gasteiger partial charge in [-0.3, -0.25) is 4.31 Å². The highest BCUT2D eigenvalue weighted by atomic mass is 32.2. The van der Waals surface area contributed by atoms with Crippen LogP contribution in [0.2, 0.25) is 0 Å². The minimum atomic E-state index is -3.81. The summed E-state index contributed by atoms with van der Waals surface area (Å²) in [7, 11) is -2.56. The molecule has 1 aromatic carbocycles. The van der Waals surface area contributed by atoms with Crippen LogP contribution in [0.1, 0.15) is 12.7 Å². The van der Waals surface area contributed by atoms with E-state index in [9.17, 15) is 17.6 Å². The summed E-state index contributed by atoms with van der Waals surface area (Å²) in [6.07, 6.45) is 1.12. The zero-order valence-corrected chi connectivity index (χ0v) is 14.5. The van der Waals surface area contributed by atoms with Crippen molar-refractivity contribution < 1.29 is 26.9 Å². The number of halogens is 1. The van der Waals surface area contributed by atoms with Crippen molar-refractivity contribution in [1.29, 1.82) is 0 Å². The Morgan fingerprint density at radius 2 is 2.15 bits per heavy atom. The van der Waals surface area contributed by atoms with Crippen LogP contribution >= 0.6 is 0 Å². The number of aromatic nitrogens is 2. The van der Waals surface area contributed by atoms with E-state index < -0.39 is 22.0 Å². The standard InChI is InChI=1S/C15H13FN4O5S/c1-9-12(7-20(2)26(22,23)19-9)15(21)24-8-13-17-14(25-18-13)10-4-3-5-11(16)6-10/h3-7H,8H2,1-2H3. The molecular weight excluding hydrogens is 367 g/mol. The Bertz CT molecular complexity index is 1030. The summed E-state index contributed by atoms with van der Waals surface area (Å²) in [5, 5.41) is 3.65. The van der Waals surface area contributed by atoms with Gasteiger partial charge in [-0.1, -0.05) is 11.2 Å². The van der Waals surface area contributed by atoms with E-state index in [1.54, 1.807) is 6.07 Å². The average Bonchev–Trinajstić information content (AvgIpc) is 3.04. The number of rotatable bonds is 4. The van der Waals surface area contributed by atoms with Crippen molar-refractivity contribution >= 4 is 21.9 Å². The molecule has 0 radical (unpaired) electrons. The van der Waals surface area contributed by atoms with E-state index in [1.807, 2.05) is 0 Å². The van der Waals surface area contributed by atoms with E-state index in [2.05, 4.69) is 14.5 Å². The van der Waals surface area contributed by atoms with Gasteiger partial charge in [0.2, 0.25) is 5.82 Å². The Morgan fingerprint density at radius 3 is 2.88 bits per heavy atom. The lowest BCUT2D eigenvalue weighted by Crippen LogP contribution is -2.29. The smallest absolute Gasteiger partial charge is 0.344 e. The molecule has 26 heavy (non-hydrogen) atoms. The van der Waals surface area contributed by atoms with Crippen LogP contribution in [0.15, 0.2) is 45.0 Å². The maximum atomic E-state index is 13.2. The van der Waals surface area contributed by atoms with Crippen LogP contribution in [0.3, 0.4) is 0 Å². The van der Waals surface area contributed by atoms with Gasteiger partial charge in [-0.15, -0.1) is 4.40 Å². The lowest BCUT2D eigenvalue weighted by molar-refractivity contribution is -0.140. The fourth-order valence-electron chi connectivity index (χ4n) is 2.09. The van der Waals surface area contributed by atoms with Crippen LogP contribution in [-0.4, -0.2) is 41.6 Å². The molecule has 136 valence electrons. The lowest BCUT2D eigenvalue weighted by Gasteiger charge is -2.18. The number of hydrogen-bond donors (Lipinski definition) is 0. The van der Waals surface area contributed by atoms with Crippen molar-refractivity contribution in [3.8, 4) is 11.5 Å². The van der Waals surface area contributed by atoms with Gasteiger partial charge in [0.1, 0.15) is 5.82 Å². The minimum Gasteiger partial charge on any atom is -0.454 e. The second-order valence-electron chi connectivity index (χ2n) is 5.32. The predicted octanol–water partition coefficient (Wildman–Crippen LogP) is 1.45. The third-order valence-electron chi connectivity index (χ3n) is 3.41. The van der Waals surface area contributed by atoms with Gasteiger partial charge in [0.05, 0.1) is 11.3 Å². The van der Waals surface area contributed by atoms with Crippen molar-refractivity contribution in [2.45, 2.75) is 13.5 Å². The molecular formula is C15H13FN4O5S. The zero-order chi connectivity index (χ0) is 18.9. The molecule has 11 heteroatoms.